The average molecular weight is 503 g/mol. The third-order valence-corrected chi connectivity index (χ3v) is 8.26. The van der Waals surface area contributed by atoms with Crippen LogP contribution in [0.4, 0.5) is 22.7 Å². The Bertz CT molecular complexity index is 1340. The van der Waals surface area contributed by atoms with Crippen LogP contribution in [0.15, 0.2) is 72.8 Å². The molecule has 0 saturated carbocycles. The Hall–Kier alpha value is -3.92. The van der Waals surface area contributed by atoms with Crippen LogP contribution in [-0.2, 0) is 51.4 Å². The van der Waals surface area contributed by atoms with Crippen LogP contribution in [0.25, 0.3) is 0 Å². The second kappa shape index (κ2) is 10.8. The molecule has 12 rings (SSSR count). The first-order chi connectivity index (χ1) is 18.6. The highest BCUT2D eigenvalue weighted by atomic mass is 14.9. The van der Waals surface area contributed by atoms with Gasteiger partial charge in [0.25, 0.3) is 0 Å². The fraction of sp³-hybridized carbons (Fsp3) is 0.294. The summed E-state index contributed by atoms with van der Waals surface area (Å²) in [5.74, 6) is 0. The van der Waals surface area contributed by atoms with E-state index in [-0.39, 0.29) is 0 Å². The molecule has 0 radical (unpaired) electrons. The van der Waals surface area contributed by atoms with Gasteiger partial charge in [-0.2, -0.15) is 0 Å². The van der Waals surface area contributed by atoms with Crippen molar-refractivity contribution in [1.82, 2.24) is 0 Å². The molecule has 0 aromatic heterocycles. The number of benzene rings is 4. The summed E-state index contributed by atoms with van der Waals surface area (Å²) in [6.07, 6.45) is 7.97. The number of aryl methyl sites for hydroxylation is 8. The highest BCUT2D eigenvalue weighted by Gasteiger charge is 2.12. The van der Waals surface area contributed by atoms with Crippen LogP contribution >= 0.6 is 0 Å². The molecular formula is C34H38N4. The summed E-state index contributed by atoms with van der Waals surface area (Å²) in [5.41, 5.74) is 27.6. The Morgan fingerprint density at radius 3 is 1.16 bits per heavy atom. The van der Waals surface area contributed by atoms with E-state index >= 15 is 0 Å². The number of rotatable bonds is 5. The molecule has 8 aliphatic rings. The SMILES string of the molecule is Nc1cc2ccc1CCc1ccc(c(NCCNc3cc4ccc3CCc3ccc(c(N)c3)CC4)c1)CC2. The van der Waals surface area contributed by atoms with Crippen LogP contribution in [0.1, 0.15) is 44.5 Å². The topological polar surface area (TPSA) is 76.1 Å². The Morgan fingerprint density at radius 1 is 0.421 bits per heavy atom. The molecule has 4 aromatic carbocycles. The lowest BCUT2D eigenvalue weighted by atomic mass is 9.94. The molecule has 0 spiro atoms. The van der Waals surface area contributed by atoms with E-state index in [9.17, 15) is 0 Å². The van der Waals surface area contributed by atoms with Crippen molar-refractivity contribution in [1.29, 1.82) is 0 Å². The van der Waals surface area contributed by atoms with Crippen molar-refractivity contribution in [2.75, 3.05) is 35.2 Å². The minimum atomic E-state index is 0.873. The molecule has 0 fully saturated rings. The van der Waals surface area contributed by atoms with Gasteiger partial charge >= 0.3 is 0 Å². The third kappa shape index (κ3) is 5.50. The van der Waals surface area contributed by atoms with Crippen molar-refractivity contribution >= 4 is 22.7 Å². The number of nitrogen functional groups attached to an aromatic ring is 2. The highest BCUT2D eigenvalue weighted by Crippen LogP contribution is 2.27. The van der Waals surface area contributed by atoms with Crippen LogP contribution in [0, 0.1) is 0 Å². The van der Waals surface area contributed by atoms with E-state index in [0.717, 1.165) is 75.8 Å². The molecule has 0 aliphatic heterocycles. The smallest absolute Gasteiger partial charge is 0.0376 e. The van der Waals surface area contributed by atoms with E-state index in [2.05, 4.69) is 83.4 Å². The van der Waals surface area contributed by atoms with Crippen LogP contribution in [0.3, 0.4) is 0 Å². The van der Waals surface area contributed by atoms with Gasteiger partial charge < -0.3 is 22.1 Å². The summed E-state index contributed by atoms with van der Waals surface area (Å²) >= 11 is 0. The Morgan fingerprint density at radius 2 is 0.763 bits per heavy atom. The molecule has 0 atom stereocenters. The quantitative estimate of drug-likeness (QED) is 0.195. The predicted molar refractivity (Wildman–Crippen MR) is 161 cm³/mol. The minimum Gasteiger partial charge on any atom is -0.398 e. The molecule has 6 N–H and O–H groups in total. The van der Waals surface area contributed by atoms with Gasteiger partial charge in [0.05, 0.1) is 0 Å². The zero-order chi connectivity index (χ0) is 25.9. The monoisotopic (exact) mass is 502 g/mol. The lowest BCUT2D eigenvalue weighted by Gasteiger charge is -2.19. The van der Waals surface area contributed by atoms with E-state index in [0.29, 0.717) is 0 Å². The van der Waals surface area contributed by atoms with E-state index in [1.165, 1.54) is 55.9 Å². The maximum Gasteiger partial charge on any atom is 0.0376 e. The molecule has 8 bridgehead atoms. The molecule has 0 amide bonds. The van der Waals surface area contributed by atoms with Crippen LogP contribution in [0.5, 0.6) is 0 Å². The zero-order valence-electron chi connectivity index (χ0n) is 22.2. The maximum atomic E-state index is 6.32. The zero-order valence-corrected chi connectivity index (χ0v) is 22.2. The average Bonchev–Trinajstić information content (AvgIpc) is 2.91. The fourth-order valence-corrected chi connectivity index (χ4v) is 5.89. The van der Waals surface area contributed by atoms with Crippen molar-refractivity contribution in [2.45, 2.75) is 51.4 Å². The van der Waals surface area contributed by atoms with Gasteiger partial charge in [0.2, 0.25) is 0 Å². The van der Waals surface area contributed by atoms with Crippen LogP contribution in [-0.4, -0.2) is 13.1 Å². The summed E-state index contributed by atoms with van der Waals surface area (Å²) in [5, 5.41) is 7.51. The second-order valence-electron chi connectivity index (χ2n) is 10.9. The number of nitrogens with one attached hydrogen (secondary N) is 2. The molecular weight excluding hydrogens is 464 g/mol. The van der Waals surface area contributed by atoms with E-state index < -0.39 is 0 Å². The molecule has 194 valence electrons. The van der Waals surface area contributed by atoms with Gasteiger partial charge in [-0.05, 0) is 120 Å². The molecule has 38 heavy (non-hydrogen) atoms. The normalized spacial score (nSPS) is 14.4. The fourth-order valence-electron chi connectivity index (χ4n) is 5.89. The Balaban J connectivity index is 1.12. The van der Waals surface area contributed by atoms with Gasteiger partial charge in [0, 0.05) is 35.8 Å². The summed E-state index contributed by atoms with van der Waals surface area (Å²) in [7, 11) is 0. The summed E-state index contributed by atoms with van der Waals surface area (Å²) in [4.78, 5) is 0. The summed E-state index contributed by atoms with van der Waals surface area (Å²) in [6.45, 7) is 1.75. The first kappa shape index (κ1) is 24.4. The standard InChI is InChI=1S/C34H38N4/c35-31-19-23-1-9-27(31)11-3-25-7-15-29(13-5-23)33(21-25)37-17-18-38-34-22-26-4-12-28-10-2-24(20-32(28)36)6-14-30(34)16-8-26/h1-2,7-10,15-16,19-22,37-38H,3-6,11-14,17-18,35-36H2. The molecule has 0 heterocycles. The number of anilines is 4. The van der Waals surface area contributed by atoms with Crippen molar-refractivity contribution < 1.29 is 0 Å². The third-order valence-electron chi connectivity index (χ3n) is 8.26. The predicted octanol–water partition coefficient (Wildman–Crippen LogP) is 6.14. The largest absolute Gasteiger partial charge is 0.398 e. The molecule has 4 heteroatoms. The summed E-state index contributed by atoms with van der Waals surface area (Å²) in [6, 6.07) is 27.1. The van der Waals surface area contributed by atoms with Crippen molar-refractivity contribution in [2.24, 2.45) is 0 Å². The molecule has 8 aliphatic carbocycles. The van der Waals surface area contributed by atoms with E-state index in [1.54, 1.807) is 0 Å². The van der Waals surface area contributed by atoms with Gasteiger partial charge in [0.15, 0.2) is 0 Å². The highest BCUT2D eigenvalue weighted by molar-refractivity contribution is 5.58. The first-order valence-electron chi connectivity index (χ1n) is 14.1. The van der Waals surface area contributed by atoms with Gasteiger partial charge in [-0.1, -0.05) is 48.5 Å². The molecule has 4 nitrogen and oxygen atoms in total. The Kier molecular flexibility index (Phi) is 6.96. The van der Waals surface area contributed by atoms with Gasteiger partial charge in [-0.3, -0.25) is 0 Å². The van der Waals surface area contributed by atoms with Crippen molar-refractivity contribution in [3.63, 3.8) is 0 Å². The van der Waals surface area contributed by atoms with Crippen molar-refractivity contribution in [3.05, 3.63) is 117 Å². The first-order valence-corrected chi connectivity index (χ1v) is 14.1. The molecule has 0 unspecified atom stereocenters. The van der Waals surface area contributed by atoms with Crippen LogP contribution in [0.2, 0.25) is 0 Å². The van der Waals surface area contributed by atoms with Gasteiger partial charge in [-0.25, -0.2) is 0 Å². The number of hydrogen-bond donors (Lipinski definition) is 4. The van der Waals surface area contributed by atoms with E-state index in [1.807, 2.05) is 0 Å². The van der Waals surface area contributed by atoms with Gasteiger partial charge in [-0.15, -0.1) is 0 Å². The summed E-state index contributed by atoms with van der Waals surface area (Å²) < 4.78 is 0. The maximum absolute atomic E-state index is 6.32. The van der Waals surface area contributed by atoms with Gasteiger partial charge in [0.1, 0.15) is 0 Å². The molecule has 4 aromatic rings. The number of nitrogens with two attached hydrogens (primary N) is 2. The lowest BCUT2D eigenvalue weighted by molar-refractivity contribution is 0.916. The molecule has 0 saturated heterocycles. The lowest BCUT2D eigenvalue weighted by Crippen LogP contribution is -2.16. The van der Waals surface area contributed by atoms with Crippen LogP contribution < -0.4 is 22.1 Å². The van der Waals surface area contributed by atoms with E-state index in [4.69, 9.17) is 11.5 Å². The minimum absolute atomic E-state index is 0.873. The second-order valence-corrected chi connectivity index (χ2v) is 10.9. The van der Waals surface area contributed by atoms with Crippen molar-refractivity contribution in [3.8, 4) is 0 Å². The number of hydrogen-bond acceptors (Lipinski definition) is 4. The Labute approximate surface area is 226 Å².